The number of benzene rings is 1. The Morgan fingerprint density at radius 2 is 2.20 bits per heavy atom. The van der Waals surface area contributed by atoms with Gasteiger partial charge < -0.3 is 5.32 Å². The molecule has 0 bridgehead atoms. The van der Waals surface area contributed by atoms with Crippen LogP contribution < -0.4 is 5.32 Å². The first-order chi connectivity index (χ1) is 9.52. The maximum absolute atomic E-state index is 11.9. The highest BCUT2D eigenvalue weighted by Crippen LogP contribution is 2.26. The predicted octanol–water partition coefficient (Wildman–Crippen LogP) is 2.18. The monoisotopic (exact) mass is 308 g/mol. The van der Waals surface area contributed by atoms with Crippen molar-refractivity contribution in [3.05, 3.63) is 35.7 Å². The quantitative estimate of drug-likeness (QED) is 0.943. The van der Waals surface area contributed by atoms with E-state index in [-0.39, 0.29) is 24.0 Å². The van der Waals surface area contributed by atoms with Crippen LogP contribution in [0, 0.1) is 5.92 Å². The molecule has 1 aromatic heterocycles. The molecule has 0 spiro atoms. The number of nitrogens with zero attached hydrogens (tertiary/aromatic N) is 1. The largest absolute Gasteiger partial charge is 0.302 e. The highest BCUT2D eigenvalue weighted by Gasteiger charge is 2.24. The van der Waals surface area contributed by atoms with Crippen molar-refractivity contribution >= 4 is 42.4 Å². The van der Waals surface area contributed by atoms with Crippen LogP contribution in [0.15, 0.2) is 35.7 Å². The number of aromatic nitrogens is 1. The van der Waals surface area contributed by atoms with Gasteiger partial charge in [-0.1, -0.05) is 29.5 Å². The number of thiazole rings is 1. The minimum absolute atomic E-state index is 0.0142. The van der Waals surface area contributed by atoms with Crippen molar-refractivity contribution in [2.75, 3.05) is 11.1 Å². The second-order valence-corrected chi connectivity index (χ2v) is 7.62. The van der Waals surface area contributed by atoms with Crippen LogP contribution in [0.5, 0.6) is 0 Å². The number of para-hydroxylation sites is 1. The molecule has 1 aliphatic rings. The minimum atomic E-state index is -3.11. The Morgan fingerprint density at radius 3 is 2.90 bits per heavy atom. The van der Waals surface area contributed by atoms with Gasteiger partial charge in [0.2, 0.25) is 5.91 Å². The molecule has 1 amide bonds. The van der Waals surface area contributed by atoms with Crippen molar-refractivity contribution < 1.29 is 13.2 Å². The lowest BCUT2D eigenvalue weighted by Crippen LogP contribution is -2.17. The molecule has 3 rings (SSSR count). The highest BCUT2D eigenvalue weighted by molar-refractivity contribution is 7.94. The Labute approximate surface area is 120 Å². The fraction of sp³-hybridized carbons (Fsp3) is 0.231. The number of carbonyl (C=O) groups is 1. The molecule has 20 heavy (non-hydrogen) atoms. The predicted molar refractivity (Wildman–Crippen MR) is 79.3 cm³/mol. The summed E-state index contributed by atoms with van der Waals surface area (Å²) >= 11 is 1.40. The van der Waals surface area contributed by atoms with Crippen molar-refractivity contribution in [3.8, 4) is 0 Å². The molecule has 0 saturated heterocycles. The van der Waals surface area contributed by atoms with Crippen molar-refractivity contribution in [1.82, 2.24) is 4.98 Å². The zero-order valence-corrected chi connectivity index (χ0v) is 12.1. The van der Waals surface area contributed by atoms with E-state index in [4.69, 9.17) is 0 Å². The van der Waals surface area contributed by atoms with Gasteiger partial charge in [0, 0.05) is 17.7 Å². The Morgan fingerprint density at radius 1 is 1.40 bits per heavy atom. The van der Waals surface area contributed by atoms with E-state index < -0.39 is 9.84 Å². The van der Waals surface area contributed by atoms with Gasteiger partial charge in [-0.05, 0) is 12.1 Å². The van der Waals surface area contributed by atoms with Gasteiger partial charge in [0.25, 0.3) is 0 Å². The zero-order chi connectivity index (χ0) is 14.2. The number of hydrogen-bond donors (Lipinski definition) is 1. The first-order valence-electron chi connectivity index (χ1n) is 6.08. The van der Waals surface area contributed by atoms with E-state index in [1.807, 2.05) is 24.3 Å². The molecule has 1 aromatic carbocycles. The van der Waals surface area contributed by atoms with Crippen LogP contribution in [-0.4, -0.2) is 25.1 Å². The van der Waals surface area contributed by atoms with Crippen LogP contribution in [-0.2, 0) is 14.6 Å². The van der Waals surface area contributed by atoms with Gasteiger partial charge in [0.05, 0.1) is 16.0 Å². The molecule has 0 saturated carbocycles. The number of anilines is 1. The lowest BCUT2D eigenvalue weighted by molar-refractivity contribution is -0.116. The summed E-state index contributed by atoms with van der Waals surface area (Å²) in [6, 6.07) is 7.63. The summed E-state index contributed by atoms with van der Waals surface area (Å²) in [5.74, 6) is -0.439. The molecule has 1 atom stereocenters. The van der Waals surface area contributed by atoms with Crippen molar-refractivity contribution in [2.45, 2.75) is 6.42 Å². The average Bonchev–Trinajstić information content (AvgIpc) is 2.91. The molecule has 2 aromatic rings. The van der Waals surface area contributed by atoms with Crippen LogP contribution in [0.3, 0.4) is 0 Å². The third-order valence-corrected chi connectivity index (χ3v) is 5.41. The van der Waals surface area contributed by atoms with Crippen molar-refractivity contribution in [2.24, 2.45) is 5.92 Å². The topological polar surface area (TPSA) is 76.1 Å². The number of allylic oxidation sites excluding steroid dienone is 1. The molecular weight excluding hydrogens is 296 g/mol. The summed E-state index contributed by atoms with van der Waals surface area (Å²) in [7, 11) is -3.11. The number of carbonyl (C=O) groups excluding carboxylic acids is 1. The van der Waals surface area contributed by atoms with Crippen LogP contribution >= 0.6 is 11.3 Å². The second-order valence-electron chi connectivity index (χ2n) is 4.66. The number of amides is 1. The van der Waals surface area contributed by atoms with Gasteiger partial charge in [-0.15, -0.1) is 0 Å². The molecule has 2 heterocycles. The summed E-state index contributed by atoms with van der Waals surface area (Å²) in [6.45, 7) is 0. The summed E-state index contributed by atoms with van der Waals surface area (Å²) in [5, 5.41) is 4.45. The second kappa shape index (κ2) is 4.99. The molecule has 1 aliphatic heterocycles. The van der Waals surface area contributed by atoms with Crippen LogP contribution in [0.25, 0.3) is 10.2 Å². The maximum atomic E-state index is 11.9. The standard InChI is InChI=1S/C13H12N2O3S2/c16-12(7-9-5-6-20(17,18)8-9)15-13-14-10-3-1-2-4-11(10)19-13/h1-6,9H,7-8H2,(H,14,15,16). The number of nitrogens with one attached hydrogen (secondary N) is 1. The average molecular weight is 308 g/mol. The molecular formula is C13H12N2O3S2. The molecule has 1 N–H and O–H groups in total. The Kier molecular flexibility index (Phi) is 3.31. The maximum Gasteiger partial charge on any atom is 0.226 e. The Balaban J connectivity index is 1.66. The lowest BCUT2D eigenvalue weighted by atomic mass is 10.1. The number of rotatable bonds is 3. The molecule has 0 fully saturated rings. The van der Waals surface area contributed by atoms with Crippen molar-refractivity contribution in [1.29, 1.82) is 0 Å². The fourth-order valence-electron chi connectivity index (χ4n) is 2.10. The summed E-state index contributed by atoms with van der Waals surface area (Å²) in [6.07, 6.45) is 1.74. The first-order valence-corrected chi connectivity index (χ1v) is 8.61. The van der Waals surface area contributed by atoms with Gasteiger partial charge >= 0.3 is 0 Å². The van der Waals surface area contributed by atoms with Gasteiger partial charge in [-0.2, -0.15) is 0 Å². The third-order valence-electron chi connectivity index (χ3n) is 2.99. The van der Waals surface area contributed by atoms with E-state index in [1.165, 1.54) is 16.7 Å². The normalized spacial score (nSPS) is 20.3. The molecule has 7 heteroatoms. The number of hydrogen-bond acceptors (Lipinski definition) is 5. The molecule has 0 aliphatic carbocycles. The van der Waals surface area contributed by atoms with Crippen LogP contribution in [0.1, 0.15) is 6.42 Å². The van der Waals surface area contributed by atoms with E-state index in [0.717, 1.165) is 10.2 Å². The lowest BCUT2D eigenvalue weighted by Gasteiger charge is -2.05. The van der Waals surface area contributed by atoms with E-state index in [9.17, 15) is 13.2 Å². The molecule has 1 unspecified atom stereocenters. The zero-order valence-electron chi connectivity index (χ0n) is 10.4. The van der Waals surface area contributed by atoms with Gasteiger partial charge in [0.1, 0.15) is 0 Å². The minimum Gasteiger partial charge on any atom is -0.302 e. The van der Waals surface area contributed by atoms with Gasteiger partial charge in [-0.3, -0.25) is 4.79 Å². The highest BCUT2D eigenvalue weighted by atomic mass is 32.2. The Hall–Kier alpha value is -1.73. The summed E-state index contributed by atoms with van der Waals surface area (Å²) < 4.78 is 23.5. The van der Waals surface area contributed by atoms with Crippen molar-refractivity contribution in [3.63, 3.8) is 0 Å². The van der Waals surface area contributed by atoms with E-state index >= 15 is 0 Å². The summed E-state index contributed by atoms with van der Waals surface area (Å²) in [5.41, 5.74) is 0.844. The first kappa shape index (κ1) is 13.3. The van der Waals surface area contributed by atoms with E-state index in [1.54, 1.807) is 6.08 Å². The van der Waals surface area contributed by atoms with Crippen LogP contribution in [0.2, 0.25) is 0 Å². The van der Waals surface area contributed by atoms with E-state index in [2.05, 4.69) is 10.3 Å². The number of fused-ring (bicyclic) bond motifs is 1. The third kappa shape index (κ3) is 2.88. The fourth-order valence-corrected chi connectivity index (χ4v) is 4.38. The molecule has 104 valence electrons. The van der Waals surface area contributed by atoms with Gasteiger partial charge in [0.15, 0.2) is 15.0 Å². The van der Waals surface area contributed by atoms with Crippen LogP contribution in [0.4, 0.5) is 5.13 Å². The molecule has 0 radical (unpaired) electrons. The molecule has 5 nitrogen and oxygen atoms in total. The summed E-state index contributed by atoms with van der Waals surface area (Å²) in [4.78, 5) is 16.2. The van der Waals surface area contributed by atoms with Gasteiger partial charge in [-0.25, -0.2) is 13.4 Å². The Bertz CT molecular complexity index is 760. The number of sulfone groups is 1. The smallest absolute Gasteiger partial charge is 0.226 e. The van der Waals surface area contributed by atoms with E-state index in [0.29, 0.717) is 5.13 Å². The SMILES string of the molecule is O=C(CC1C=CS(=O)(=O)C1)Nc1nc2ccccc2s1.